The van der Waals surface area contributed by atoms with E-state index >= 15 is 0 Å². The Bertz CT molecular complexity index is 382. The van der Waals surface area contributed by atoms with Crippen molar-refractivity contribution in [3.63, 3.8) is 0 Å². The molecule has 0 bridgehead atoms. The molecule has 0 N–H and O–H groups in total. The fourth-order valence-corrected chi connectivity index (χ4v) is 1.45. The van der Waals surface area contributed by atoms with Crippen molar-refractivity contribution in [2.75, 3.05) is 7.11 Å². The second-order valence-electron chi connectivity index (χ2n) is 2.27. The molecule has 0 amide bonds. The molecule has 13 heavy (non-hydrogen) atoms. The molecule has 0 aliphatic heterocycles. The molecule has 1 aromatic rings. The molecule has 0 heterocycles. The van der Waals surface area contributed by atoms with E-state index in [9.17, 15) is 4.79 Å². The maximum absolute atomic E-state index is 11.2. The predicted octanol–water partition coefficient (Wildman–Crippen LogP) is 2.11. The van der Waals surface area contributed by atoms with Crippen LogP contribution in [0.5, 0.6) is 0 Å². The quantitative estimate of drug-likeness (QED) is 0.706. The summed E-state index contributed by atoms with van der Waals surface area (Å²) in [5.41, 5.74) is 0.578. The first-order valence-electron chi connectivity index (χ1n) is 3.47. The number of hydrogen-bond acceptors (Lipinski definition) is 3. The average molecular weight is 240 g/mol. The number of rotatable bonds is 1. The van der Waals surface area contributed by atoms with Crippen LogP contribution in [0.1, 0.15) is 15.9 Å². The Labute approximate surface area is 84.1 Å². The maximum Gasteiger partial charge on any atom is 0.340 e. The first-order chi connectivity index (χ1) is 6.20. The molecule has 0 fully saturated rings. The monoisotopic (exact) mass is 239 g/mol. The Morgan fingerprint density at radius 1 is 1.62 bits per heavy atom. The molecule has 4 heteroatoms. The molecule has 0 saturated heterocycles. The van der Waals surface area contributed by atoms with Gasteiger partial charge in [0.05, 0.1) is 18.2 Å². The summed E-state index contributed by atoms with van der Waals surface area (Å²) in [6.45, 7) is 0. The average Bonchev–Trinajstić information content (AvgIpc) is 2.16. The van der Waals surface area contributed by atoms with Crippen molar-refractivity contribution in [1.29, 1.82) is 5.26 Å². The zero-order chi connectivity index (χ0) is 9.84. The zero-order valence-corrected chi connectivity index (χ0v) is 8.46. The highest BCUT2D eigenvalue weighted by molar-refractivity contribution is 9.10. The van der Waals surface area contributed by atoms with E-state index in [1.54, 1.807) is 18.2 Å². The lowest BCUT2D eigenvalue weighted by molar-refractivity contribution is 0.0599. The number of halogens is 1. The smallest absolute Gasteiger partial charge is 0.340 e. The number of carbonyl (C=O) groups is 1. The van der Waals surface area contributed by atoms with Crippen LogP contribution in [0, 0.1) is 11.3 Å². The normalized spacial score (nSPS) is 9.00. The van der Waals surface area contributed by atoms with Crippen molar-refractivity contribution < 1.29 is 9.53 Å². The lowest BCUT2D eigenvalue weighted by atomic mass is 10.1. The standard InChI is InChI=1S/C9H6BrNO2/c1-13-9(12)8-6(5-11)3-2-4-7(8)10/h2-4H,1H3. The lowest BCUT2D eigenvalue weighted by Crippen LogP contribution is -2.04. The molecule has 0 aliphatic rings. The van der Waals surface area contributed by atoms with Crippen LogP contribution < -0.4 is 0 Å². The summed E-state index contributed by atoms with van der Waals surface area (Å²) in [5, 5.41) is 8.71. The minimum absolute atomic E-state index is 0.271. The van der Waals surface area contributed by atoms with Crippen molar-refractivity contribution in [2.45, 2.75) is 0 Å². The summed E-state index contributed by atoms with van der Waals surface area (Å²) in [6, 6.07) is 6.86. The second-order valence-corrected chi connectivity index (χ2v) is 3.12. The number of esters is 1. The lowest BCUT2D eigenvalue weighted by Gasteiger charge is -2.03. The van der Waals surface area contributed by atoms with Crippen LogP contribution in [-0.4, -0.2) is 13.1 Å². The maximum atomic E-state index is 11.2. The summed E-state index contributed by atoms with van der Waals surface area (Å²) in [4.78, 5) is 11.2. The molecule has 0 spiro atoms. The molecular weight excluding hydrogens is 234 g/mol. The van der Waals surface area contributed by atoms with Gasteiger partial charge < -0.3 is 4.74 Å². The topological polar surface area (TPSA) is 50.1 Å². The molecule has 66 valence electrons. The SMILES string of the molecule is COC(=O)c1c(Br)cccc1C#N. The summed E-state index contributed by atoms with van der Waals surface area (Å²) >= 11 is 3.18. The van der Waals surface area contributed by atoms with Crippen molar-refractivity contribution in [1.82, 2.24) is 0 Å². The molecule has 0 aromatic heterocycles. The summed E-state index contributed by atoms with van der Waals surface area (Å²) in [7, 11) is 1.28. The van der Waals surface area contributed by atoms with Crippen LogP contribution in [0.15, 0.2) is 22.7 Å². The van der Waals surface area contributed by atoms with Crippen LogP contribution >= 0.6 is 15.9 Å². The van der Waals surface area contributed by atoms with Crippen LogP contribution in [0.3, 0.4) is 0 Å². The Morgan fingerprint density at radius 3 is 2.85 bits per heavy atom. The zero-order valence-electron chi connectivity index (χ0n) is 6.87. The first kappa shape index (κ1) is 9.75. The molecule has 1 aromatic carbocycles. The third kappa shape index (κ3) is 1.87. The number of nitriles is 1. The molecule has 0 saturated carbocycles. The van der Waals surface area contributed by atoms with Gasteiger partial charge in [-0.3, -0.25) is 0 Å². The minimum Gasteiger partial charge on any atom is -0.465 e. The first-order valence-corrected chi connectivity index (χ1v) is 4.27. The Balaban J connectivity index is 3.33. The minimum atomic E-state index is -0.510. The summed E-state index contributed by atoms with van der Waals surface area (Å²) in [6.07, 6.45) is 0. The second kappa shape index (κ2) is 4.06. The van der Waals surface area contributed by atoms with E-state index < -0.39 is 5.97 Å². The van der Waals surface area contributed by atoms with Gasteiger partial charge in [0, 0.05) is 4.47 Å². The van der Waals surface area contributed by atoms with Crippen LogP contribution in [0.2, 0.25) is 0 Å². The number of carbonyl (C=O) groups excluding carboxylic acids is 1. The van der Waals surface area contributed by atoms with Gasteiger partial charge in [-0.05, 0) is 28.1 Å². The number of ether oxygens (including phenoxy) is 1. The molecule has 0 unspecified atom stereocenters. The molecule has 3 nitrogen and oxygen atoms in total. The number of methoxy groups -OCH3 is 1. The highest BCUT2D eigenvalue weighted by Gasteiger charge is 2.14. The number of hydrogen-bond donors (Lipinski definition) is 0. The van der Waals surface area contributed by atoms with E-state index in [1.807, 2.05) is 6.07 Å². The third-order valence-corrected chi connectivity index (χ3v) is 2.18. The Hall–Kier alpha value is -1.34. The van der Waals surface area contributed by atoms with Gasteiger partial charge in [-0.15, -0.1) is 0 Å². The van der Waals surface area contributed by atoms with Gasteiger partial charge in [-0.25, -0.2) is 4.79 Å². The van der Waals surface area contributed by atoms with Crippen LogP contribution in [-0.2, 0) is 4.74 Å². The van der Waals surface area contributed by atoms with Crippen LogP contribution in [0.25, 0.3) is 0 Å². The van der Waals surface area contributed by atoms with E-state index in [-0.39, 0.29) is 5.56 Å². The van der Waals surface area contributed by atoms with E-state index in [0.29, 0.717) is 10.0 Å². The van der Waals surface area contributed by atoms with Gasteiger partial charge in [-0.2, -0.15) is 5.26 Å². The fourth-order valence-electron chi connectivity index (χ4n) is 0.927. The molecule has 1 rings (SSSR count). The van der Waals surface area contributed by atoms with Gasteiger partial charge in [0.2, 0.25) is 0 Å². The molecule has 0 atom stereocenters. The van der Waals surface area contributed by atoms with E-state index in [1.165, 1.54) is 7.11 Å². The number of nitrogens with zero attached hydrogens (tertiary/aromatic N) is 1. The number of benzene rings is 1. The van der Waals surface area contributed by atoms with Gasteiger partial charge in [0.25, 0.3) is 0 Å². The van der Waals surface area contributed by atoms with Crippen molar-refractivity contribution >= 4 is 21.9 Å². The Morgan fingerprint density at radius 2 is 2.31 bits per heavy atom. The van der Waals surface area contributed by atoms with Crippen molar-refractivity contribution in [2.24, 2.45) is 0 Å². The van der Waals surface area contributed by atoms with E-state index in [4.69, 9.17) is 5.26 Å². The largest absolute Gasteiger partial charge is 0.465 e. The Kier molecular flexibility index (Phi) is 3.04. The molecular formula is C9H6BrNO2. The fraction of sp³-hybridized carbons (Fsp3) is 0.111. The third-order valence-electron chi connectivity index (χ3n) is 1.52. The summed E-state index contributed by atoms with van der Waals surface area (Å²) < 4.78 is 5.11. The highest BCUT2D eigenvalue weighted by Crippen LogP contribution is 2.20. The predicted molar refractivity (Wildman–Crippen MR) is 50.2 cm³/mol. The van der Waals surface area contributed by atoms with Crippen molar-refractivity contribution in [3.05, 3.63) is 33.8 Å². The van der Waals surface area contributed by atoms with Gasteiger partial charge in [0.1, 0.15) is 6.07 Å². The van der Waals surface area contributed by atoms with Gasteiger partial charge >= 0.3 is 5.97 Å². The molecule has 0 aliphatic carbocycles. The summed E-state index contributed by atoms with van der Waals surface area (Å²) in [5.74, 6) is -0.510. The van der Waals surface area contributed by atoms with Gasteiger partial charge in [0.15, 0.2) is 0 Å². The van der Waals surface area contributed by atoms with Crippen molar-refractivity contribution in [3.8, 4) is 6.07 Å². The van der Waals surface area contributed by atoms with E-state index in [0.717, 1.165) is 0 Å². The van der Waals surface area contributed by atoms with E-state index in [2.05, 4.69) is 20.7 Å². The highest BCUT2D eigenvalue weighted by atomic mass is 79.9. The van der Waals surface area contributed by atoms with Crippen LogP contribution in [0.4, 0.5) is 0 Å². The van der Waals surface area contributed by atoms with Gasteiger partial charge in [-0.1, -0.05) is 6.07 Å². The molecule has 0 radical (unpaired) electrons.